The molecule has 8 heteroatoms. The van der Waals surface area contributed by atoms with E-state index in [1.165, 1.54) is 17.5 Å². The first-order valence-corrected chi connectivity index (χ1v) is 6.84. The topological polar surface area (TPSA) is 106 Å². The first kappa shape index (κ1) is 14.3. The molecule has 108 valence electrons. The van der Waals surface area contributed by atoms with Crippen LogP contribution in [0.4, 0.5) is 15.6 Å². The standard InChI is InChI=1S/C12H17N5O2S/c1-6-9(8-7(13)5-14-17-8)20-10(15-6)16-11(18)19-12(2,3)4/h5H,13H2,1-4H3,(H,14,17)(H,15,16,18). The number of H-pyrrole nitrogens is 1. The number of aromatic nitrogens is 3. The molecular formula is C12H17N5O2S. The monoisotopic (exact) mass is 295 g/mol. The SMILES string of the molecule is Cc1nc(NC(=O)OC(C)(C)C)sc1-c1[nH]ncc1N. The summed E-state index contributed by atoms with van der Waals surface area (Å²) in [6.45, 7) is 7.25. The molecule has 0 atom stereocenters. The van der Waals surface area contributed by atoms with E-state index < -0.39 is 11.7 Å². The number of anilines is 2. The van der Waals surface area contributed by atoms with Crippen molar-refractivity contribution in [1.29, 1.82) is 0 Å². The highest BCUT2D eigenvalue weighted by Gasteiger charge is 2.19. The molecule has 0 bridgehead atoms. The molecule has 4 N–H and O–H groups in total. The average molecular weight is 295 g/mol. The van der Waals surface area contributed by atoms with Crippen molar-refractivity contribution >= 4 is 28.2 Å². The van der Waals surface area contributed by atoms with Crippen molar-refractivity contribution in [3.05, 3.63) is 11.9 Å². The summed E-state index contributed by atoms with van der Waals surface area (Å²) in [4.78, 5) is 16.8. The molecule has 0 saturated carbocycles. The molecule has 0 fully saturated rings. The fraction of sp³-hybridized carbons (Fsp3) is 0.417. The smallest absolute Gasteiger partial charge is 0.413 e. The Labute approximate surface area is 120 Å². The zero-order valence-corrected chi connectivity index (χ0v) is 12.6. The van der Waals surface area contributed by atoms with Gasteiger partial charge in [0.15, 0.2) is 5.13 Å². The molecule has 20 heavy (non-hydrogen) atoms. The highest BCUT2D eigenvalue weighted by Crippen LogP contribution is 2.34. The summed E-state index contributed by atoms with van der Waals surface area (Å²) in [6, 6.07) is 0. The first-order valence-electron chi connectivity index (χ1n) is 6.03. The molecule has 0 saturated heterocycles. The van der Waals surface area contributed by atoms with Crippen LogP contribution in [-0.2, 0) is 4.74 Å². The highest BCUT2D eigenvalue weighted by molar-refractivity contribution is 7.19. The predicted octanol–water partition coefficient (Wildman–Crippen LogP) is 2.77. The van der Waals surface area contributed by atoms with Gasteiger partial charge in [0.25, 0.3) is 0 Å². The summed E-state index contributed by atoms with van der Waals surface area (Å²) in [6.07, 6.45) is 1.01. The Balaban J connectivity index is 2.16. The maximum absolute atomic E-state index is 11.7. The summed E-state index contributed by atoms with van der Waals surface area (Å²) in [7, 11) is 0. The van der Waals surface area contributed by atoms with Gasteiger partial charge in [-0.05, 0) is 27.7 Å². The molecule has 2 heterocycles. The van der Waals surface area contributed by atoms with Crippen molar-refractivity contribution < 1.29 is 9.53 Å². The number of hydrogen-bond donors (Lipinski definition) is 3. The molecule has 0 aliphatic heterocycles. The van der Waals surface area contributed by atoms with Gasteiger partial charge in [0, 0.05) is 0 Å². The Bertz CT molecular complexity index is 626. The number of rotatable bonds is 2. The number of nitrogens with zero attached hydrogens (tertiary/aromatic N) is 2. The third-order valence-corrected chi connectivity index (χ3v) is 3.39. The van der Waals surface area contributed by atoms with Crippen LogP contribution in [0.2, 0.25) is 0 Å². The highest BCUT2D eigenvalue weighted by atomic mass is 32.1. The van der Waals surface area contributed by atoms with Crippen molar-refractivity contribution in [2.24, 2.45) is 0 Å². The van der Waals surface area contributed by atoms with Gasteiger partial charge in [0.1, 0.15) is 5.60 Å². The zero-order valence-electron chi connectivity index (χ0n) is 11.8. The molecule has 0 spiro atoms. The van der Waals surface area contributed by atoms with E-state index in [-0.39, 0.29) is 0 Å². The van der Waals surface area contributed by atoms with Crippen LogP contribution < -0.4 is 11.1 Å². The van der Waals surface area contributed by atoms with Gasteiger partial charge in [0.05, 0.1) is 28.1 Å². The molecular weight excluding hydrogens is 278 g/mol. The average Bonchev–Trinajstić information content (AvgIpc) is 2.82. The number of ether oxygens (including phenoxy) is 1. The Kier molecular flexibility index (Phi) is 3.67. The minimum atomic E-state index is -0.549. The van der Waals surface area contributed by atoms with Crippen molar-refractivity contribution in [3.63, 3.8) is 0 Å². The van der Waals surface area contributed by atoms with Gasteiger partial charge in [-0.1, -0.05) is 11.3 Å². The second kappa shape index (κ2) is 5.12. The Morgan fingerprint density at radius 1 is 1.50 bits per heavy atom. The van der Waals surface area contributed by atoms with Gasteiger partial charge < -0.3 is 10.5 Å². The van der Waals surface area contributed by atoms with Crippen molar-refractivity contribution in [3.8, 4) is 10.6 Å². The van der Waals surface area contributed by atoms with Crippen LogP contribution >= 0.6 is 11.3 Å². The van der Waals surface area contributed by atoms with Gasteiger partial charge in [-0.3, -0.25) is 10.4 Å². The summed E-state index contributed by atoms with van der Waals surface area (Å²) in [5.74, 6) is 0. The maximum atomic E-state index is 11.7. The van der Waals surface area contributed by atoms with Crippen LogP contribution in [0.3, 0.4) is 0 Å². The second-order valence-corrected chi connectivity index (χ2v) is 6.26. The minimum absolute atomic E-state index is 0.459. The third kappa shape index (κ3) is 3.27. The minimum Gasteiger partial charge on any atom is -0.444 e. The molecule has 0 unspecified atom stereocenters. The predicted molar refractivity (Wildman–Crippen MR) is 78.7 cm³/mol. The fourth-order valence-corrected chi connectivity index (χ4v) is 2.52. The molecule has 2 aromatic heterocycles. The van der Waals surface area contributed by atoms with E-state index in [4.69, 9.17) is 10.5 Å². The molecule has 0 aromatic carbocycles. The van der Waals surface area contributed by atoms with Crippen LogP contribution in [0.15, 0.2) is 6.20 Å². The lowest BCUT2D eigenvalue weighted by Gasteiger charge is -2.18. The van der Waals surface area contributed by atoms with Crippen LogP contribution in [0.1, 0.15) is 26.5 Å². The number of aromatic amines is 1. The lowest BCUT2D eigenvalue weighted by Crippen LogP contribution is -2.27. The number of carbonyl (C=O) groups excluding carboxylic acids is 1. The maximum Gasteiger partial charge on any atom is 0.413 e. The molecule has 0 aliphatic carbocycles. The molecule has 0 radical (unpaired) electrons. The van der Waals surface area contributed by atoms with Crippen LogP contribution in [0.5, 0.6) is 0 Å². The lowest BCUT2D eigenvalue weighted by atomic mass is 10.2. The first-order chi connectivity index (χ1) is 9.26. The zero-order chi connectivity index (χ0) is 14.9. The number of hydrogen-bond acceptors (Lipinski definition) is 6. The van der Waals surface area contributed by atoms with E-state index in [9.17, 15) is 4.79 Å². The Hall–Kier alpha value is -2.09. The van der Waals surface area contributed by atoms with Gasteiger partial charge in [0.2, 0.25) is 0 Å². The van der Waals surface area contributed by atoms with Crippen molar-refractivity contribution in [2.45, 2.75) is 33.3 Å². The molecule has 7 nitrogen and oxygen atoms in total. The fourth-order valence-electron chi connectivity index (χ4n) is 1.55. The lowest BCUT2D eigenvalue weighted by molar-refractivity contribution is 0.0636. The summed E-state index contributed by atoms with van der Waals surface area (Å²) in [5, 5.41) is 9.76. The summed E-state index contributed by atoms with van der Waals surface area (Å²) >= 11 is 1.31. The van der Waals surface area contributed by atoms with E-state index in [0.29, 0.717) is 16.5 Å². The number of nitrogens with two attached hydrogens (primary N) is 1. The Morgan fingerprint density at radius 3 is 2.75 bits per heavy atom. The van der Waals surface area contributed by atoms with Crippen LogP contribution in [0, 0.1) is 6.92 Å². The van der Waals surface area contributed by atoms with E-state index in [1.54, 1.807) is 20.8 Å². The van der Waals surface area contributed by atoms with E-state index in [0.717, 1.165) is 10.6 Å². The number of nitrogen functional groups attached to an aromatic ring is 1. The second-order valence-electron chi connectivity index (χ2n) is 5.26. The van der Waals surface area contributed by atoms with Gasteiger partial charge in [-0.2, -0.15) is 5.10 Å². The van der Waals surface area contributed by atoms with E-state index in [2.05, 4.69) is 20.5 Å². The number of aryl methyl sites for hydroxylation is 1. The number of thiazole rings is 1. The van der Waals surface area contributed by atoms with E-state index in [1.807, 2.05) is 6.92 Å². The number of carbonyl (C=O) groups is 1. The summed E-state index contributed by atoms with van der Waals surface area (Å²) < 4.78 is 5.18. The van der Waals surface area contributed by atoms with E-state index >= 15 is 0 Å². The number of amides is 1. The number of nitrogens with one attached hydrogen (secondary N) is 2. The van der Waals surface area contributed by atoms with Crippen LogP contribution in [-0.4, -0.2) is 26.9 Å². The van der Waals surface area contributed by atoms with Crippen LogP contribution in [0.25, 0.3) is 10.6 Å². The van der Waals surface area contributed by atoms with Crippen molar-refractivity contribution in [1.82, 2.24) is 15.2 Å². The van der Waals surface area contributed by atoms with Gasteiger partial charge in [-0.15, -0.1) is 0 Å². The van der Waals surface area contributed by atoms with Crippen molar-refractivity contribution in [2.75, 3.05) is 11.1 Å². The third-order valence-electron chi connectivity index (χ3n) is 2.30. The normalized spacial score (nSPS) is 11.4. The molecule has 2 rings (SSSR count). The summed E-state index contributed by atoms with van der Waals surface area (Å²) in [5.41, 5.74) is 7.27. The van der Waals surface area contributed by atoms with Gasteiger partial charge >= 0.3 is 6.09 Å². The quantitative estimate of drug-likeness (QED) is 0.790. The molecule has 2 aromatic rings. The van der Waals surface area contributed by atoms with Gasteiger partial charge in [-0.25, -0.2) is 9.78 Å². The molecule has 1 amide bonds. The molecule has 0 aliphatic rings. The largest absolute Gasteiger partial charge is 0.444 e. The Morgan fingerprint density at radius 2 is 2.20 bits per heavy atom.